The first kappa shape index (κ1) is 14.6. The Balaban J connectivity index is 2.48. The lowest BCUT2D eigenvalue weighted by Gasteiger charge is -2.21. The molecule has 18 heavy (non-hydrogen) atoms. The van der Waals surface area contributed by atoms with E-state index in [1.54, 1.807) is 6.20 Å². The minimum Gasteiger partial charge on any atom is -0.337 e. The second-order valence-corrected chi connectivity index (χ2v) is 4.61. The highest BCUT2D eigenvalue weighted by molar-refractivity contribution is 5.76. The van der Waals surface area contributed by atoms with Crippen LogP contribution in [0.3, 0.4) is 0 Å². The minimum absolute atomic E-state index is 0.184. The highest BCUT2D eigenvalue weighted by Crippen LogP contribution is 2.08. The molecule has 0 saturated heterocycles. The first-order valence-corrected chi connectivity index (χ1v) is 6.55. The molecule has 0 spiro atoms. The van der Waals surface area contributed by atoms with Crippen LogP contribution in [-0.2, 0) is 11.3 Å². The Hall–Kier alpha value is -1.42. The summed E-state index contributed by atoms with van der Waals surface area (Å²) in [6, 6.07) is 5.76. The second-order valence-electron chi connectivity index (χ2n) is 4.61. The monoisotopic (exact) mass is 249 g/mol. The van der Waals surface area contributed by atoms with Gasteiger partial charge in [0.25, 0.3) is 0 Å². The van der Waals surface area contributed by atoms with Gasteiger partial charge in [-0.15, -0.1) is 0 Å². The van der Waals surface area contributed by atoms with Crippen molar-refractivity contribution >= 4 is 5.91 Å². The Bertz CT molecular complexity index is 353. The molecule has 1 aromatic heterocycles. The van der Waals surface area contributed by atoms with Gasteiger partial charge in [0.05, 0.1) is 12.2 Å². The molecule has 0 saturated carbocycles. The standard InChI is InChI=1S/C14H23N3O/c1-3-17(11-13-6-4-5-9-16-13)14(18)8-7-12(2)10-15/h4-6,9,12H,3,7-8,10-11,15H2,1-2H3. The van der Waals surface area contributed by atoms with Gasteiger partial charge in [-0.3, -0.25) is 9.78 Å². The SMILES string of the molecule is CCN(Cc1ccccn1)C(=O)CCC(C)CN. The van der Waals surface area contributed by atoms with Crippen LogP contribution in [0.15, 0.2) is 24.4 Å². The van der Waals surface area contributed by atoms with Crippen LogP contribution in [0.25, 0.3) is 0 Å². The van der Waals surface area contributed by atoms with Crippen LogP contribution in [0.2, 0.25) is 0 Å². The van der Waals surface area contributed by atoms with E-state index in [0.717, 1.165) is 12.1 Å². The molecule has 0 aliphatic heterocycles. The van der Waals surface area contributed by atoms with Crippen molar-refractivity contribution in [3.8, 4) is 0 Å². The molecule has 1 rings (SSSR count). The fourth-order valence-electron chi connectivity index (χ4n) is 1.71. The van der Waals surface area contributed by atoms with Crippen molar-refractivity contribution in [3.63, 3.8) is 0 Å². The lowest BCUT2D eigenvalue weighted by Crippen LogP contribution is -2.31. The second kappa shape index (κ2) is 7.82. The third-order valence-corrected chi connectivity index (χ3v) is 3.07. The molecular formula is C14H23N3O. The molecule has 1 amide bonds. The van der Waals surface area contributed by atoms with Crippen molar-refractivity contribution in [3.05, 3.63) is 30.1 Å². The number of rotatable bonds is 7. The average Bonchev–Trinajstić information content (AvgIpc) is 2.42. The summed E-state index contributed by atoms with van der Waals surface area (Å²) in [4.78, 5) is 18.1. The predicted molar refractivity (Wildman–Crippen MR) is 72.8 cm³/mol. The highest BCUT2D eigenvalue weighted by Gasteiger charge is 2.13. The number of nitrogens with zero attached hydrogens (tertiary/aromatic N) is 2. The number of nitrogens with two attached hydrogens (primary N) is 1. The number of hydrogen-bond acceptors (Lipinski definition) is 3. The summed E-state index contributed by atoms with van der Waals surface area (Å²) in [6.07, 6.45) is 3.18. The maximum absolute atomic E-state index is 12.1. The van der Waals surface area contributed by atoms with Crippen LogP contribution in [0.5, 0.6) is 0 Å². The molecule has 0 aliphatic carbocycles. The lowest BCUT2D eigenvalue weighted by molar-refractivity contribution is -0.131. The quantitative estimate of drug-likeness (QED) is 0.801. The smallest absolute Gasteiger partial charge is 0.222 e. The van der Waals surface area contributed by atoms with Gasteiger partial charge in [0.15, 0.2) is 0 Å². The van der Waals surface area contributed by atoms with Gasteiger partial charge in [-0.1, -0.05) is 13.0 Å². The Morgan fingerprint density at radius 3 is 2.83 bits per heavy atom. The zero-order valence-electron chi connectivity index (χ0n) is 11.3. The third kappa shape index (κ3) is 4.84. The molecule has 0 aliphatic rings. The maximum atomic E-state index is 12.1. The number of carbonyl (C=O) groups is 1. The van der Waals surface area contributed by atoms with Crippen molar-refractivity contribution < 1.29 is 4.79 Å². The molecule has 0 radical (unpaired) electrons. The van der Waals surface area contributed by atoms with Crippen molar-refractivity contribution in [2.45, 2.75) is 33.2 Å². The lowest BCUT2D eigenvalue weighted by atomic mass is 10.1. The van der Waals surface area contributed by atoms with Crippen LogP contribution in [0, 0.1) is 5.92 Å². The first-order valence-electron chi connectivity index (χ1n) is 6.55. The summed E-state index contributed by atoms with van der Waals surface area (Å²) in [6.45, 7) is 6.01. The van der Waals surface area contributed by atoms with E-state index in [2.05, 4.69) is 11.9 Å². The van der Waals surface area contributed by atoms with Crippen molar-refractivity contribution in [1.82, 2.24) is 9.88 Å². The van der Waals surface area contributed by atoms with E-state index < -0.39 is 0 Å². The third-order valence-electron chi connectivity index (χ3n) is 3.07. The molecular weight excluding hydrogens is 226 g/mol. The van der Waals surface area contributed by atoms with E-state index in [1.807, 2.05) is 30.0 Å². The summed E-state index contributed by atoms with van der Waals surface area (Å²) in [5.41, 5.74) is 6.49. The van der Waals surface area contributed by atoms with Gasteiger partial charge in [-0.25, -0.2) is 0 Å². The van der Waals surface area contributed by atoms with Gasteiger partial charge < -0.3 is 10.6 Å². The first-order chi connectivity index (χ1) is 8.67. The van der Waals surface area contributed by atoms with Crippen molar-refractivity contribution in [2.75, 3.05) is 13.1 Å². The Morgan fingerprint density at radius 2 is 2.28 bits per heavy atom. The maximum Gasteiger partial charge on any atom is 0.222 e. The molecule has 4 heteroatoms. The molecule has 0 bridgehead atoms. The molecule has 100 valence electrons. The molecule has 0 aromatic carbocycles. The summed E-state index contributed by atoms with van der Waals surface area (Å²) in [5, 5.41) is 0. The van der Waals surface area contributed by atoms with Gasteiger partial charge >= 0.3 is 0 Å². The van der Waals surface area contributed by atoms with Crippen LogP contribution in [0.1, 0.15) is 32.4 Å². The van der Waals surface area contributed by atoms with Gasteiger partial charge in [0, 0.05) is 19.2 Å². The number of amides is 1. The van der Waals surface area contributed by atoms with E-state index >= 15 is 0 Å². The topological polar surface area (TPSA) is 59.2 Å². The molecule has 0 fully saturated rings. The van der Waals surface area contributed by atoms with E-state index in [1.165, 1.54) is 0 Å². The molecule has 4 nitrogen and oxygen atoms in total. The molecule has 1 aromatic rings. The summed E-state index contributed by atoms with van der Waals surface area (Å²) in [7, 11) is 0. The predicted octanol–water partition coefficient (Wildman–Crippen LogP) is 1.81. The fourth-order valence-corrected chi connectivity index (χ4v) is 1.71. The molecule has 2 N–H and O–H groups in total. The van der Waals surface area contributed by atoms with E-state index in [4.69, 9.17) is 5.73 Å². The van der Waals surface area contributed by atoms with Crippen LogP contribution >= 0.6 is 0 Å². The zero-order chi connectivity index (χ0) is 13.4. The van der Waals surface area contributed by atoms with Crippen molar-refractivity contribution in [1.29, 1.82) is 0 Å². The number of pyridine rings is 1. The zero-order valence-corrected chi connectivity index (χ0v) is 11.3. The number of hydrogen-bond donors (Lipinski definition) is 1. The highest BCUT2D eigenvalue weighted by atomic mass is 16.2. The van der Waals surface area contributed by atoms with E-state index in [0.29, 0.717) is 32.0 Å². The molecule has 1 atom stereocenters. The Kier molecular flexibility index (Phi) is 6.36. The summed E-state index contributed by atoms with van der Waals surface area (Å²) < 4.78 is 0. The summed E-state index contributed by atoms with van der Waals surface area (Å²) in [5.74, 6) is 0.589. The van der Waals surface area contributed by atoms with E-state index in [9.17, 15) is 4.79 Å². The van der Waals surface area contributed by atoms with Crippen LogP contribution < -0.4 is 5.73 Å². The van der Waals surface area contributed by atoms with Gasteiger partial charge in [0.2, 0.25) is 5.91 Å². The number of aromatic nitrogens is 1. The van der Waals surface area contributed by atoms with E-state index in [-0.39, 0.29) is 5.91 Å². The van der Waals surface area contributed by atoms with Gasteiger partial charge in [0.1, 0.15) is 0 Å². The van der Waals surface area contributed by atoms with Gasteiger partial charge in [-0.2, -0.15) is 0 Å². The van der Waals surface area contributed by atoms with Gasteiger partial charge in [-0.05, 0) is 37.9 Å². The number of carbonyl (C=O) groups excluding carboxylic acids is 1. The fraction of sp³-hybridized carbons (Fsp3) is 0.571. The summed E-state index contributed by atoms with van der Waals surface area (Å²) >= 11 is 0. The molecule has 1 heterocycles. The normalized spacial score (nSPS) is 12.2. The largest absolute Gasteiger partial charge is 0.337 e. The Morgan fingerprint density at radius 1 is 1.50 bits per heavy atom. The van der Waals surface area contributed by atoms with Crippen LogP contribution in [0.4, 0.5) is 0 Å². The van der Waals surface area contributed by atoms with Crippen LogP contribution in [-0.4, -0.2) is 28.9 Å². The molecule has 1 unspecified atom stereocenters. The minimum atomic E-state index is 0.184. The Labute approximate surface area is 109 Å². The van der Waals surface area contributed by atoms with Crippen molar-refractivity contribution in [2.24, 2.45) is 11.7 Å². The average molecular weight is 249 g/mol.